The van der Waals surface area contributed by atoms with Crippen LogP contribution in [0.25, 0.3) is 0 Å². The van der Waals surface area contributed by atoms with Gasteiger partial charge in [-0.25, -0.2) is 0 Å². The number of rotatable bonds is 4. The Labute approximate surface area is 106 Å². The largest absolute Gasteiger partial charge is 0.487 e. The van der Waals surface area contributed by atoms with Gasteiger partial charge in [0.25, 0.3) is 0 Å². The predicted molar refractivity (Wildman–Crippen MR) is 67.9 cm³/mol. The third kappa shape index (κ3) is 2.68. The molecule has 0 fully saturated rings. The van der Waals surface area contributed by atoms with E-state index in [4.69, 9.17) is 10.00 Å². The van der Waals surface area contributed by atoms with Crippen molar-refractivity contribution >= 4 is 0 Å². The van der Waals surface area contributed by atoms with Crippen molar-refractivity contribution in [2.75, 3.05) is 0 Å². The molecule has 0 spiro atoms. The van der Waals surface area contributed by atoms with E-state index >= 15 is 0 Å². The quantitative estimate of drug-likeness (QED) is 0.892. The first-order chi connectivity index (χ1) is 8.85. The summed E-state index contributed by atoms with van der Waals surface area (Å²) in [6, 6.07) is 16.9. The number of nitrogens with zero attached hydrogens (tertiary/aromatic N) is 1. The number of para-hydroxylation sites is 1. The molecule has 0 saturated heterocycles. The summed E-state index contributed by atoms with van der Waals surface area (Å²) in [5.41, 5.74) is 2.09. The molecule has 2 rings (SSSR count). The van der Waals surface area contributed by atoms with Crippen LogP contribution in [-0.2, 0) is 13.2 Å². The molecule has 90 valence electrons. The zero-order chi connectivity index (χ0) is 12.8. The van der Waals surface area contributed by atoms with Crippen LogP contribution in [0.1, 0.15) is 16.7 Å². The van der Waals surface area contributed by atoms with Crippen LogP contribution in [0.2, 0.25) is 0 Å². The number of hydrogen-bond donors (Lipinski definition) is 1. The van der Waals surface area contributed by atoms with E-state index in [1.807, 2.05) is 30.3 Å². The van der Waals surface area contributed by atoms with Gasteiger partial charge in [-0.3, -0.25) is 0 Å². The number of ether oxygens (including phenoxy) is 1. The van der Waals surface area contributed by atoms with Crippen molar-refractivity contribution in [2.45, 2.75) is 13.2 Å². The minimum absolute atomic E-state index is 0.139. The molecule has 0 saturated carbocycles. The van der Waals surface area contributed by atoms with Crippen molar-refractivity contribution in [1.82, 2.24) is 0 Å². The summed E-state index contributed by atoms with van der Waals surface area (Å²) in [6.45, 7) is 0.242. The average Bonchev–Trinajstić information content (AvgIpc) is 2.45. The number of aliphatic hydroxyl groups is 1. The fourth-order valence-electron chi connectivity index (χ4n) is 1.70. The van der Waals surface area contributed by atoms with Crippen LogP contribution in [0.5, 0.6) is 5.75 Å². The van der Waals surface area contributed by atoms with Gasteiger partial charge in [-0.05, 0) is 11.6 Å². The third-order valence-corrected chi connectivity index (χ3v) is 2.61. The van der Waals surface area contributed by atoms with Gasteiger partial charge in [0.05, 0.1) is 12.2 Å². The third-order valence-electron chi connectivity index (χ3n) is 2.61. The highest BCUT2D eigenvalue weighted by Crippen LogP contribution is 2.24. The molecule has 0 unspecified atom stereocenters. The normalized spacial score (nSPS) is 9.78. The average molecular weight is 239 g/mol. The van der Waals surface area contributed by atoms with E-state index in [1.165, 1.54) is 0 Å². The Bertz CT molecular complexity index is 558. The summed E-state index contributed by atoms with van der Waals surface area (Å²) >= 11 is 0. The number of nitriles is 1. The van der Waals surface area contributed by atoms with Gasteiger partial charge in [-0.2, -0.15) is 5.26 Å². The summed E-state index contributed by atoms with van der Waals surface area (Å²) < 4.78 is 5.65. The first-order valence-corrected chi connectivity index (χ1v) is 5.64. The Kier molecular flexibility index (Phi) is 3.95. The number of hydrogen-bond acceptors (Lipinski definition) is 3. The molecule has 18 heavy (non-hydrogen) atoms. The Morgan fingerprint density at radius 3 is 2.50 bits per heavy atom. The Hall–Kier alpha value is -2.31. The minimum Gasteiger partial charge on any atom is -0.487 e. The molecule has 2 aromatic rings. The Morgan fingerprint density at radius 1 is 1.06 bits per heavy atom. The lowest BCUT2D eigenvalue weighted by atomic mass is 10.1. The van der Waals surface area contributed by atoms with Gasteiger partial charge >= 0.3 is 0 Å². The van der Waals surface area contributed by atoms with Crippen LogP contribution in [0.15, 0.2) is 48.5 Å². The lowest BCUT2D eigenvalue weighted by Crippen LogP contribution is -2.00. The van der Waals surface area contributed by atoms with Crippen molar-refractivity contribution in [1.29, 1.82) is 5.26 Å². The molecule has 1 N–H and O–H groups in total. The second-order valence-corrected chi connectivity index (χ2v) is 3.84. The summed E-state index contributed by atoms with van der Waals surface area (Å²) in [6.07, 6.45) is 0. The van der Waals surface area contributed by atoms with E-state index in [0.717, 1.165) is 5.56 Å². The maximum atomic E-state index is 9.25. The van der Waals surface area contributed by atoms with Crippen LogP contribution in [0.4, 0.5) is 0 Å². The van der Waals surface area contributed by atoms with E-state index in [9.17, 15) is 5.11 Å². The summed E-state index contributed by atoms with van der Waals surface area (Å²) in [5, 5.41) is 18.3. The monoisotopic (exact) mass is 239 g/mol. The molecule has 0 heterocycles. The van der Waals surface area contributed by atoms with E-state index in [1.54, 1.807) is 18.2 Å². The van der Waals surface area contributed by atoms with Crippen LogP contribution in [0.3, 0.4) is 0 Å². The minimum atomic E-state index is -0.139. The van der Waals surface area contributed by atoms with E-state index in [0.29, 0.717) is 23.5 Å². The highest BCUT2D eigenvalue weighted by atomic mass is 16.5. The van der Waals surface area contributed by atoms with Crippen LogP contribution in [0, 0.1) is 11.3 Å². The molecule has 3 heteroatoms. The van der Waals surface area contributed by atoms with E-state index in [2.05, 4.69) is 6.07 Å². The molecule has 0 amide bonds. The van der Waals surface area contributed by atoms with Crippen molar-refractivity contribution in [2.24, 2.45) is 0 Å². The standard InChI is InChI=1S/C15H13NO2/c16-9-13-7-4-8-14(10-17)15(13)18-11-12-5-2-1-3-6-12/h1-8,17H,10-11H2. The van der Waals surface area contributed by atoms with Gasteiger partial charge in [0, 0.05) is 5.56 Å². The van der Waals surface area contributed by atoms with Gasteiger partial charge < -0.3 is 9.84 Å². The topological polar surface area (TPSA) is 53.2 Å². The lowest BCUT2D eigenvalue weighted by molar-refractivity contribution is 0.258. The maximum absolute atomic E-state index is 9.25. The van der Waals surface area contributed by atoms with Crippen LogP contribution >= 0.6 is 0 Å². The van der Waals surface area contributed by atoms with Gasteiger partial charge in [-0.15, -0.1) is 0 Å². The zero-order valence-electron chi connectivity index (χ0n) is 9.84. The highest BCUT2D eigenvalue weighted by Gasteiger charge is 2.08. The predicted octanol–water partition coefficient (Wildman–Crippen LogP) is 2.63. The van der Waals surface area contributed by atoms with Crippen molar-refractivity contribution in [3.63, 3.8) is 0 Å². The Balaban J connectivity index is 2.21. The fourth-order valence-corrected chi connectivity index (χ4v) is 1.70. The summed E-state index contributed by atoms with van der Waals surface area (Å²) in [5.74, 6) is 0.464. The molecule has 0 bridgehead atoms. The molecule has 3 nitrogen and oxygen atoms in total. The summed E-state index contributed by atoms with van der Waals surface area (Å²) in [4.78, 5) is 0. The van der Waals surface area contributed by atoms with Crippen LogP contribution < -0.4 is 4.74 Å². The summed E-state index contributed by atoms with van der Waals surface area (Å²) in [7, 11) is 0. The number of aliphatic hydroxyl groups excluding tert-OH is 1. The fraction of sp³-hybridized carbons (Fsp3) is 0.133. The van der Waals surface area contributed by atoms with Crippen molar-refractivity contribution in [3.05, 3.63) is 65.2 Å². The second kappa shape index (κ2) is 5.85. The van der Waals surface area contributed by atoms with Gasteiger partial charge in [0.2, 0.25) is 0 Å². The maximum Gasteiger partial charge on any atom is 0.143 e. The lowest BCUT2D eigenvalue weighted by Gasteiger charge is -2.11. The SMILES string of the molecule is N#Cc1cccc(CO)c1OCc1ccccc1. The molecule has 0 radical (unpaired) electrons. The molecular weight excluding hydrogens is 226 g/mol. The molecule has 0 atom stereocenters. The van der Waals surface area contributed by atoms with Gasteiger partial charge in [-0.1, -0.05) is 42.5 Å². The second-order valence-electron chi connectivity index (χ2n) is 3.84. The molecule has 0 aromatic heterocycles. The Morgan fingerprint density at radius 2 is 1.83 bits per heavy atom. The van der Waals surface area contributed by atoms with Gasteiger partial charge in [0.15, 0.2) is 0 Å². The molecule has 0 aliphatic carbocycles. The van der Waals surface area contributed by atoms with Gasteiger partial charge in [0.1, 0.15) is 18.4 Å². The van der Waals surface area contributed by atoms with Crippen molar-refractivity contribution in [3.8, 4) is 11.8 Å². The first kappa shape index (κ1) is 12.2. The molecular formula is C15H13NO2. The van der Waals surface area contributed by atoms with E-state index < -0.39 is 0 Å². The molecule has 2 aromatic carbocycles. The highest BCUT2D eigenvalue weighted by molar-refractivity contribution is 5.48. The molecule has 0 aliphatic heterocycles. The zero-order valence-corrected chi connectivity index (χ0v) is 9.84. The number of benzene rings is 2. The smallest absolute Gasteiger partial charge is 0.143 e. The van der Waals surface area contributed by atoms with Crippen molar-refractivity contribution < 1.29 is 9.84 Å². The molecule has 0 aliphatic rings. The van der Waals surface area contributed by atoms with Crippen LogP contribution in [-0.4, -0.2) is 5.11 Å². The van der Waals surface area contributed by atoms with E-state index in [-0.39, 0.29) is 6.61 Å². The first-order valence-electron chi connectivity index (χ1n) is 5.64.